The number of nitro groups is 1. The van der Waals surface area contributed by atoms with Crippen molar-refractivity contribution in [3.63, 3.8) is 0 Å². The van der Waals surface area contributed by atoms with Crippen LogP contribution in [0.15, 0.2) is 71.3 Å². The molecule has 0 saturated heterocycles. The Labute approximate surface area is 210 Å². The zero-order chi connectivity index (χ0) is 26.7. The molecule has 0 aliphatic heterocycles. The molecule has 0 aromatic heterocycles. The molecule has 2 aromatic carbocycles. The van der Waals surface area contributed by atoms with Crippen molar-refractivity contribution < 1.29 is 27.6 Å². The summed E-state index contributed by atoms with van der Waals surface area (Å²) in [6, 6.07) is 9.81. The van der Waals surface area contributed by atoms with E-state index in [-0.39, 0.29) is 17.6 Å². The number of allylic oxidation sites excluding steroid dienone is 3. The molecule has 11 heteroatoms. The first-order chi connectivity index (χ1) is 16.8. The van der Waals surface area contributed by atoms with Crippen LogP contribution in [0, 0.1) is 16.0 Å². The van der Waals surface area contributed by atoms with Crippen molar-refractivity contribution in [1.29, 1.82) is 0 Å². The quantitative estimate of drug-likeness (QED) is 0.405. The van der Waals surface area contributed by atoms with Crippen LogP contribution in [-0.2, 0) is 10.0 Å². The van der Waals surface area contributed by atoms with Crippen LogP contribution < -0.4 is 19.5 Å². The highest BCUT2D eigenvalue weighted by Crippen LogP contribution is 2.35. The minimum atomic E-state index is -4.51. The van der Waals surface area contributed by atoms with Gasteiger partial charge < -0.3 is 14.8 Å². The van der Waals surface area contributed by atoms with Crippen molar-refractivity contribution in [2.75, 3.05) is 7.11 Å². The molecule has 2 atom stereocenters. The number of benzene rings is 2. The lowest BCUT2D eigenvalue weighted by Gasteiger charge is -2.24. The normalized spacial score (nSPS) is 17.6. The summed E-state index contributed by atoms with van der Waals surface area (Å²) >= 11 is 0. The number of rotatable bonds is 7. The Kier molecular flexibility index (Phi) is 7.73. The van der Waals surface area contributed by atoms with Crippen molar-refractivity contribution >= 4 is 21.7 Å². The van der Waals surface area contributed by atoms with Gasteiger partial charge in [0.25, 0.3) is 15.7 Å². The van der Waals surface area contributed by atoms with Crippen LogP contribution in [0.25, 0.3) is 0 Å². The van der Waals surface area contributed by atoms with E-state index in [9.17, 15) is 23.3 Å². The molecule has 3 rings (SSSR count). The standard InChI is InChI=1S/C25H29N3O7S/c1-16-6-10-20(15-21(16)17-7-11-19(34-5)12-8-17)35-22-13-9-18(28(30)31)14-23(22)36(32,33)27-24(29)26-25(2,3)4/h6-16,21H,1-5H3,(H2,26,27,29). The van der Waals surface area contributed by atoms with Gasteiger partial charge >= 0.3 is 6.03 Å². The monoisotopic (exact) mass is 515 g/mol. The topological polar surface area (TPSA) is 137 Å². The second-order valence-electron chi connectivity index (χ2n) is 9.39. The fourth-order valence-electron chi connectivity index (χ4n) is 3.62. The average molecular weight is 516 g/mol. The molecule has 1 aliphatic carbocycles. The highest BCUT2D eigenvalue weighted by atomic mass is 32.2. The molecule has 0 spiro atoms. The first-order valence-corrected chi connectivity index (χ1v) is 12.6. The number of hydrogen-bond acceptors (Lipinski definition) is 7. The van der Waals surface area contributed by atoms with Crippen molar-refractivity contribution in [2.24, 2.45) is 5.92 Å². The fourth-order valence-corrected chi connectivity index (χ4v) is 4.67. The molecular weight excluding hydrogens is 486 g/mol. The Hall–Kier alpha value is -3.86. The number of ether oxygens (including phenoxy) is 2. The van der Waals surface area contributed by atoms with Crippen molar-refractivity contribution in [3.05, 3.63) is 82.1 Å². The van der Waals surface area contributed by atoms with Crippen molar-refractivity contribution in [1.82, 2.24) is 10.0 Å². The molecular formula is C25H29N3O7S. The van der Waals surface area contributed by atoms with Gasteiger partial charge in [0, 0.05) is 23.6 Å². The van der Waals surface area contributed by atoms with Crippen LogP contribution in [0.4, 0.5) is 10.5 Å². The van der Waals surface area contributed by atoms with Gasteiger partial charge in [-0.05, 0) is 62.6 Å². The minimum Gasteiger partial charge on any atom is -0.497 e. The van der Waals surface area contributed by atoms with Crippen molar-refractivity contribution in [2.45, 2.75) is 44.0 Å². The number of nitrogens with zero attached hydrogens (tertiary/aromatic N) is 1. The lowest BCUT2D eigenvalue weighted by Crippen LogP contribution is -2.48. The van der Waals surface area contributed by atoms with Crippen LogP contribution in [0.2, 0.25) is 0 Å². The molecule has 0 heterocycles. The second-order valence-corrected chi connectivity index (χ2v) is 11.0. The van der Waals surface area contributed by atoms with Gasteiger partial charge in [0.05, 0.1) is 12.0 Å². The van der Waals surface area contributed by atoms with E-state index in [1.54, 1.807) is 34.0 Å². The van der Waals surface area contributed by atoms with Gasteiger partial charge in [-0.3, -0.25) is 10.1 Å². The lowest BCUT2D eigenvalue weighted by molar-refractivity contribution is -0.385. The summed E-state index contributed by atoms with van der Waals surface area (Å²) in [5.74, 6) is 0.995. The summed E-state index contributed by atoms with van der Waals surface area (Å²) in [6.07, 6.45) is 5.49. The highest BCUT2D eigenvalue weighted by Gasteiger charge is 2.28. The minimum absolute atomic E-state index is 0.0651. The molecule has 2 aromatic rings. The first kappa shape index (κ1) is 26.7. The van der Waals surface area contributed by atoms with E-state index < -0.39 is 37.1 Å². The van der Waals surface area contributed by atoms with Gasteiger partial charge in [-0.1, -0.05) is 25.1 Å². The SMILES string of the molecule is COc1ccc(C2C=C(Oc3ccc([N+](=O)[O-])cc3S(=O)(=O)NC(=O)NC(C)(C)C)C=CC2C)cc1. The summed E-state index contributed by atoms with van der Waals surface area (Å²) in [5, 5.41) is 13.8. The first-order valence-electron chi connectivity index (χ1n) is 11.1. The van der Waals surface area contributed by atoms with Gasteiger partial charge in [0.15, 0.2) is 0 Å². The van der Waals surface area contributed by atoms with Crippen LogP contribution in [0.3, 0.4) is 0 Å². The number of hydrogen-bond donors (Lipinski definition) is 2. The largest absolute Gasteiger partial charge is 0.497 e. The van der Waals surface area contributed by atoms with E-state index in [1.807, 2.05) is 48.1 Å². The molecule has 192 valence electrons. The predicted molar refractivity (Wildman–Crippen MR) is 134 cm³/mol. The van der Waals surface area contributed by atoms with Crippen LogP contribution in [0.1, 0.15) is 39.2 Å². The zero-order valence-electron chi connectivity index (χ0n) is 20.6. The summed E-state index contributed by atoms with van der Waals surface area (Å²) in [6.45, 7) is 7.09. The molecule has 10 nitrogen and oxygen atoms in total. The number of sulfonamides is 1. The predicted octanol–water partition coefficient (Wildman–Crippen LogP) is 4.64. The number of carbonyl (C=O) groups is 1. The van der Waals surface area contributed by atoms with Gasteiger partial charge in [-0.25, -0.2) is 17.9 Å². The van der Waals surface area contributed by atoms with Crippen LogP contribution in [-0.4, -0.2) is 32.0 Å². The average Bonchev–Trinajstić information content (AvgIpc) is 2.78. The smallest absolute Gasteiger partial charge is 0.329 e. The number of urea groups is 1. The van der Waals surface area contributed by atoms with Gasteiger partial charge in [0.2, 0.25) is 0 Å². The third-order valence-electron chi connectivity index (χ3n) is 5.35. The number of non-ortho nitro benzene ring substituents is 1. The van der Waals surface area contributed by atoms with Gasteiger partial charge in [0.1, 0.15) is 22.2 Å². The molecule has 0 saturated carbocycles. The third-order valence-corrected chi connectivity index (χ3v) is 6.70. The highest BCUT2D eigenvalue weighted by molar-refractivity contribution is 7.90. The zero-order valence-corrected chi connectivity index (χ0v) is 21.5. The Morgan fingerprint density at radius 3 is 2.36 bits per heavy atom. The van der Waals surface area contributed by atoms with Crippen LogP contribution >= 0.6 is 0 Å². The molecule has 0 radical (unpaired) electrons. The molecule has 0 bridgehead atoms. The number of amides is 2. The third kappa shape index (κ3) is 6.63. The van der Waals surface area contributed by atoms with E-state index in [4.69, 9.17) is 9.47 Å². The summed E-state index contributed by atoms with van der Waals surface area (Å²) in [7, 11) is -2.92. The molecule has 2 unspecified atom stereocenters. The van der Waals surface area contributed by atoms with E-state index >= 15 is 0 Å². The molecule has 2 amide bonds. The lowest BCUT2D eigenvalue weighted by atomic mass is 9.84. The molecule has 2 N–H and O–H groups in total. The molecule has 0 fully saturated rings. The Morgan fingerprint density at radius 1 is 1.11 bits per heavy atom. The maximum Gasteiger partial charge on any atom is 0.329 e. The number of carbonyl (C=O) groups excluding carboxylic acids is 1. The van der Waals surface area contributed by atoms with E-state index in [2.05, 4.69) is 5.32 Å². The maximum absolute atomic E-state index is 13.0. The Bertz CT molecular complexity index is 1310. The van der Waals surface area contributed by atoms with Gasteiger partial charge in [-0.15, -0.1) is 0 Å². The van der Waals surface area contributed by atoms with Crippen LogP contribution in [0.5, 0.6) is 11.5 Å². The van der Waals surface area contributed by atoms with E-state index in [1.165, 1.54) is 6.07 Å². The number of nitro benzene ring substituents is 1. The summed E-state index contributed by atoms with van der Waals surface area (Å²) in [5.41, 5.74) is -0.158. The van der Waals surface area contributed by atoms with Crippen molar-refractivity contribution in [3.8, 4) is 11.5 Å². The molecule has 1 aliphatic rings. The number of nitrogens with one attached hydrogen (secondary N) is 2. The molecule has 36 heavy (non-hydrogen) atoms. The maximum atomic E-state index is 13.0. The Morgan fingerprint density at radius 2 is 1.78 bits per heavy atom. The fraction of sp³-hybridized carbons (Fsp3) is 0.320. The van der Waals surface area contributed by atoms with Gasteiger partial charge in [-0.2, -0.15) is 0 Å². The second kappa shape index (κ2) is 10.4. The summed E-state index contributed by atoms with van der Waals surface area (Å²) in [4.78, 5) is 22.3. The van der Waals surface area contributed by atoms with E-state index in [0.29, 0.717) is 5.76 Å². The Balaban J connectivity index is 1.95. The van der Waals surface area contributed by atoms with E-state index in [0.717, 1.165) is 23.4 Å². The summed E-state index contributed by atoms with van der Waals surface area (Å²) < 4.78 is 39.1. The number of methoxy groups -OCH3 is 1.